The predicted molar refractivity (Wildman–Crippen MR) is 88.6 cm³/mol. The molecule has 1 aromatic carbocycles. The van der Waals surface area contributed by atoms with Crippen molar-refractivity contribution in [2.24, 2.45) is 11.3 Å². The number of Topliss-reactive ketones (excluding diaryl/α,β-unsaturated/α-hetero) is 1. The molecular weight excluding hydrogens is 258 g/mol. The zero-order valence-corrected chi connectivity index (χ0v) is 13.9. The molecule has 0 amide bonds. The van der Waals surface area contributed by atoms with Crippen molar-refractivity contribution in [3.63, 3.8) is 0 Å². The number of carbonyl (C=O) groups excluding carboxylic acids is 1. The summed E-state index contributed by atoms with van der Waals surface area (Å²) in [4.78, 5) is 15.1. The lowest BCUT2D eigenvalue weighted by molar-refractivity contribution is 0.0704. The summed E-state index contributed by atoms with van der Waals surface area (Å²) in [6.45, 7) is 7.33. The molecule has 1 saturated carbocycles. The summed E-state index contributed by atoms with van der Waals surface area (Å²) in [6.07, 6.45) is 5.22. The number of hydrogen-bond acceptors (Lipinski definition) is 2. The molecule has 2 rings (SSSR count). The van der Waals surface area contributed by atoms with E-state index < -0.39 is 0 Å². The molecular formula is C19H29NO. The van der Waals surface area contributed by atoms with Crippen molar-refractivity contribution in [3.8, 4) is 0 Å². The average molecular weight is 287 g/mol. The summed E-state index contributed by atoms with van der Waals surface area (Å²) in [5.74, 6) is 1.07. The third kappa shape index (κ3) is 4.16. The van der Waals surface area contributed by atoms with E-state index in [9.17, 15) is 4.79 Å². The van der Waals surface area contributed by atoms with Crippen LogP contribution in [0.2, 0.25) is 0 Å². The lowest BCUT2D eigenvalue weighted by atomic mass is 9.81. The second-order valence-corrected chi connectivity index (χ2v) is 7.42. The van der Waals surface area contributed by atoms with E-state index in [0.29, 0.717) is 6.04 Å². The summed E-state index contributed by atoms with van der Waals surface area (Å²) in [5.41, 5.74) is 0.490. The molecule has 0 saturated heterocycles. The van der Waals surface area contributed by atoms with Gasteiger partial charge >= 0.3 is 0 Å². The maximum atomic E-state index is 12.7. The minimum absolute atomic E-state index is 0.249. The number of nitrogens with zero attached hydrogens (tertiary/aromatic N) is 1. The molecule has 2 heteroatoms. The Kier molecular flexibility index (Phi) is 5.21. The summed E-state index contributed by atoms with van der Waals surface area (Å²) < 4.78 is 0. The Bertz CT molecular complexity index is 466. The molecule has 0 heterocycles. The van der Waals surface area contributed by atoms with Gasteiger partial charge in [-0.15, -0.1) is 0 Å². The van der Waals surface area contributed by atoms with Gasteiger partial charge in [-0.3, -0.25) is 4.79 Å². The van der Waals surface area contributed by atoms with Crippen molar-refractivity contribution in [1.29, 1.82) is 0 Å². The number of carbonyl (C=O) groups is 1. The van der Waals surface area contributed by atoms with Gasteiger partial charge in [-0.1, -0.05) is 63.9 Å². The lowest BCUT2D eigenvalue weighted by Gasteiger charge is -2.38. The van der Waals surface area contributed by atoms with Gasteiger partial charge in [0.05, 0.1) is 0 Å². The number of benzene rings is 1. The molecule has 1 fully saturated rings. The first-order valence-corrected chi connectivity index (χ1v) is 8.20. The monoisotopic (exact) mass is 287 g/mol. The predicted octanol–water partition coefficient (Wildman–Crippen LogP) is 4.41. The van der Waals surface area contributed by atoms with E-state index in [4.69, 9.17) is 0 Å². The van der Waals surface area contributed by atoms with Crippen LogP contribution in [0.25, 0.3) is 0 Å². The summed E-state index contributed by atoms with van der Waals surface area (Å²) in [5, 5.41) is 0. The molecule has 0 N–H and O–H groups in total. The Morgan fingerprint density at radius 1 is 1.24 bits per heavy atom. The minimum atomic E-state index is -0.337. The normalized spacial score (nSPS) is 23.3. The number of ketones is 1. The third-order valence-electron chi connectivity index (χ3n) is 4.83. The van der Waals surface area contributed by atoms with E-state index in [1.165, 1.54) is 25.7 Å². The van der Waals surface area contributed by atoms with Gasteiger partial charge in [-0.2, -0.15) is 0 Å². The smallest absolute Gasteiger partial charge is 0.169 e. The van der Waals surface area contributed by atoms with Crippen LogP contribution < -0.4 is 0 Å². The van der Waals surface area contributed by atoms with Crippen molar-refractivity contribution in [2.75, 3.05) is 13.6 Å². The average Bonchev–Trinajstić information content (AvgIpc) is 2.47. The van der Waals surface area contributed by atoms with Gasteiger partial charge in [-0.25, -0.2) is 0 Å². The second-order valence-electron chi connectivity index (χ2n) is 7.42. The fourth-order valence-electron chi connectivity index (χ4n) is 3.61. The van der Waals surface area contributed by atoms with Gasteiger partial charge in [0.15, 0.2) is 5.78 Å². The van der Waals surface area contributed by atoms with E-state index in [2.05, 4.69) is 32.7 Å². The molecule has 2 unspecified atom stereocenters. The molecule has 2 atom stereocenters. The Balaban J connectivity index is 2.01. The fourth-order valence-corrected chi connectivity index (χ4v) is 3.61. The van der Waals surface area contributed by atoms with Gasteiger partial charge < -0.3 is 4.90 Å². The quantitative estimate of drug-likeness (QED) is 0.748. The van der Waals surface area contributed by atoms with Crippen LogP contribution in [0.4, 0.5) is 0 Å². The molecule has 2 nitrogen and oxygen atoms in total. The van der Waals surface area contributed by atoms with E-state index in [1.807, 2.05) is 30.3 Å². The summed E-state index contributed by atoms with van der Waals surface area (Å²) in [7, 11) is 2.18. The first-order chi connectivity index (χ1) is 9.90. The van der Waals surface area contributed by atoms with Gasteiger partial charge in [-0.05, 0) is 25.8 Å². The molecule has 1 aromatic rings. The van der Waals surface area contributed by atoms with Crippen molar-refractivity contribution in [2.45, 2.75) is 52.5 Å². The zero-order chi connectivity index (χ0) is 15.5. The molecule has 21 heavy (non-hydrogen) atoms. The maximum Gasteiger partial charge on any atom is 0.169 e. The van der Waals surface area contributed by atoms with Crippen molar-refractivity contribution < 1.29 is 4.79 Å². The first kappa shape index (κ1) is 16.2. The maximum absolute atomic E-state index is 12.7. The molecule has 0 bridgehead atoms. The third-order valence-corrected chi connectivity index (χ3v) is 4.83. The van der Waals surface area contributed by atoms with Crippen LogP contribution in [0.3, 0.4) is 0 Å². The van der Waals surface area contributed by atoms with Crippen LogP contribution in [0, 0.1) is 11.3 Å². The molecule has 1 aliphatic rings. The molecule has 116 valence electrons. The van der Waals surface area contributed by atoms with Gasteiger partial charge in [0.2, 0.25) is 0 Å². The fraction of sp³-hybridized carbons (Fsp3) is 0.632. The second kappa shape index (κ2) is 6.74. The number of rotatable bonds is 5. The topological polar surface area (TPSA) is 20.3 Å². The van der Waals surface area contributed by atoms with Crippen LogP contribution in [-0.2, 0) is 0 Å². The van der Waals surface area contributed by atoms with Gasteiger partial charge in [0.1, 0.15) is 0 Å². The summed E-state index contributed by atoms with van der Waals surface area (Å²) >= 11 is 0. The van der Waals surface area contributed by atoms with Crippen LogP contribution in [-0.4, -0.2) is 30.3 Å². The number of hydrogen-bond donors (Lipinski definition) is 0. The van der Waals surface area contributed by atoms with Crippen molar-refractivity contribution >= 4 is 5.78 Å². The van der Waals surface area contributed by atoms with E-state index in [-0.39, 0.29) is 11.2 Å². The van der Waals surface area contributed by atoms with Gasteiger partial charge in [0, 0.05) is 23.6 Å². The summed E-state index contributed by atoms with van der Waals surface area (Å²) in [6, 6.07) is 10.3. The van der Waals surface area contributed by atoms with Gasteiger partial charge in [0.25, 0.3) is 0 Å². The standard InChI is InChI=1S/C19H29NO/c1-15-9-8-12-17(13-15)20(4)14-19(2,3)18(21)16-10-6-5-7-11-16/h5-7,10-11,15,17H,8-9,12-14H2,1-4H3. The lowest BCUT2D eigenvalue weighted by Crippen LogP contribution is -2.44. The molecule has 0 radical (unpaired) electrons. The van der Waals surface area contributed by atoms with E-state index >= 15 is 0 Å². The highest BCUT2D eigenvalue weighted by atomic mass is 16.1. The molecule has 0 aliphatic heterocycles. The highest BCUT2D eigenvalue weighted by Crippen LogP contribution is 2.30. The highest BCUT2D eigenvalue weighted by Gasteiger charge is 2.32. The zero-order valence-electron chi connectivity index (χ0n) is 13.9. The van der Waals surface area contributed by atoms with Crippen LogP contribution in [0.15, 0.2) is 30.3 Å². The molecule has 0 spiro atoms. The van der Waals surface area contributed by atoms with Crippen LogP contribution >= 0.6 is 0 Å². The van der Waals surface area contributed by atoms with Crippen LogP contribution in [0.1, 0.15) is 56.8 Å². The van der Waals surface area contributed by atoms with Crippen molar-refractivity contribution in [3.05, 3.63) is 35.9 Å². The van der Waals surface area contributed by atoms with E-state index in [1.54, 1.807) is 0 Å². The van der Waals surface area contributed by atoms with E-state index in [0.717, 1.165) is 18.0 Å². The largest absolute Gasteiger partial charge is 0.302 e. The Morgan fingerprint density at radius 3 is 2.52 bits per heavy atom. The minimum Gasteiger partial charge on any atom is -0.302 e. The Morgan fingerprint density at radius 2 is 1.90 bits per heavy atom. The SMILES string of the molecule is CC1CCCC(N(C)CC(C)(C)C(=O)c2ccccc2)C1. The Labute approximate surface area is 129 Å². The highest BCUT2D eigenvalue weighted by molar-refractivity contribution is 6.00. The Hall–Kier alpha value is -1.15. The molecule has 1 aliphatic carbocycles. The first-order valence-electron chi connectivity index (χ1n) is 8.20. The molecule has 0 aromatic heterocycles. The van der Waals surface area contributed by atoms with Crippen LogP contribution in [0.5, 0.6) is 0 Å². The van der Waals surface area contributed by atoms with Crippen molar-refractivity contribution in [1.82, 2.24) is 4.90 Å².